The maximum Gasteiger partial charge on any atom is 0.00297 e. The summed E-state index contributed by atoms with van der Waals surface area (Å²) in [6, 6.07) is 0. The Labute approximate surface area is 70.8 Å². The molecule has 0 aromatic rings. The Kier molecular flexibility index (Phi) is 2.58. The van der Waals surface area contributed by atoms with Crippen LogP contribution in [0.5, 0.6) is 0 Å². The first-order chi connectivity index (χ1) is 4.99. The second kappa shape index (κ2) is 3.14. The van der Waals surface area contributed by atoms with Gasteiger partial charge in [0, 0.05) is 13.1 Å². The van der Waals surface area contributed by atoms with Gasteiger partial charge in [-0.25, -0.2) is 0 Å². The molecule has 1 atom stereocenters. The summed E-state index contributed by atoms with van der Waals surface area (Å²) in [4.78, 5) is 2.47. The Bertz CT molecular complexity index is 129. The molecule has 0 bridgehead atoms. The maximum atomic E-state index is 2.47. The second-order valence-corrected chi connectivity index (χ2v) is 5.00. The van der Waals surface area contributed by atoms with Gasteiger partial charge in [-0.2, -0.15) is 0 Å². The summed E-state index contributed by atoms with van der Waals surface area (Å²) >= 11 is 0. The van der Waals surface area contributed by atoms with Gasteiger partial charge in [0.05, 0.1) is 0 Å². The van der Waals surface area contributed by atoms with Crippen molar-refractivity contribution in [3.05, 3.63) is 0 Å². The van der Waals surface area contributed by atoms with Gasteiger partial charge in [0.25, 0.3) is 0 Å². The van der Waals surface area contributed by atoms with Gasteiger partial charge in [-0.3, -0.25) is 0 Å². The van der Waals surface area contributed by atoms with E-state index in [1.807, 2.05) is 0 Å². The third-order valence-corrected chi connectivity index (χ3v) is 2.64. The van der Waals surface area contributed by atoms with Crippen molar-refractivity contribution >= 4 is 0 Å². The molecule has 0 radical (unpaired) electrons. The van der Waals surface area contributed by atoms with Gasteiger partial charge in [-0.1, -0.05) is 20.8 Å². The highest BCUT2D eigenvalue weighted by molar-refractivity contribution is 4.78. The molecule has 66 valence electrons. The van der Waals surface area contributed by atoms with E-state index in [2.05, 4.69) is 32.7 Å². The molecule has 1 fully saturated rings. The minimum atomic E-state index is 0.541. The molecular weight excluding hydrogens is 134 g/mol. The van der Waals surface area contributed by atoms with E-state index in [9.17, 15) is 0 Å². The molecule has 1 aliphatic rings. The molecule has 0 spiro atoms. The van der Waals surface area contributed by atoms with Crippen molar-refractivity contribution in [1.29, 1.82) is 0 Å². The number of likely N-dealkylation sites (tertiary alicyclic amines) is 1. The monoisotopic (exact) mass is 155 g/mol. The normalized spacial score (nSPS) is 33.3. The van der Waals surface area contributed by atoms with Gasteiger partial charge in [-0.15, -0.1) is 0 Å². The van der Waals surface area contributed by atoms with Gasteiger partial charge in [-0.05, 0) is 31.2 Å². The highest BCUT2D eigenvalue weighted by atomic mass is 15.1. The summed E-state index contributed by atoms with van der Waals surface area (Å²) in [6.45, 7) is 9.65. The van der Waals surface area contributed by atoms with E-state index in [1.165, 1.54) is 25.9 Å². The van der Waals surface area contributed by atoms with Crippen molar-refractivity contribution in [1.82, 2.24) is 4.90 Å². The van der Waals surface area contributed by atoms with Gasteiger partial charge >= 0.3 is 0 Å². The largest absolute Gasteiger partial charge is 0.306 e. The van der Waals surface area contributed by atoms with E-state index < -0.39 is 0 Å². The zero-order valence-corrected chi connectivity index (χ0v) is 8.35. The maximum absolute atomic E-state index is 2.47. The summed E-state index contributed by atoms with van der Waals surface area (Å²) in [6.07, 6.45) is 2.79. The Morgan fingerprint density at radius 2 is 2.00 bits per heavy atom. The van der Waals surface area contributed by atoms with Gasteiger partial charge in [0.15, 0.2) is 0 Å². The fourth-order valence-corrected chi connectivity index (χ4v) is 2.13. The fraction of sp³-hybridized carbons (Fsp3) is 1.00. The molecule has 1 saturated heterocycles. The summed E-state index contributed by atoms with van der Waals surface area (Å²) in [5, 5.41) is 0. The molecule has 1 heterocycles. The van der Waals surface area contributed by atoms with Gasteiger partial charge in [0.2, 0.25) is 0 Å². The SMILES string of the molecule is C[C@H]1CCC(C)(C)CN(C)C1. The van der Waals surface area contributed by atoms with E-state index in [4.69, 9.17) is 0 Å². The Morgan fingerprint density at radius 1 is 1.36 bits per heavy atom. The molecule has 1 aliphatic heterocycles. The second-order valence-electron chi connectivity index (χ2n) is 5.00. The summed E-state index contributed by atoms with van der Waals surface area (Å²) < 4.78 is 0. The minimum Gasteiger partial charge on any atom is -0.306 e. The molecule has 0 aromatic heterocycles. The lowest BCUT2D eigenvalue weighted by Crippen LogP contribution is -2.30. The topological polar surface area (TPSA) is 3.24 Å². The molecule has 1 rings (SSSR count). The van der Waals surface area contributed by atoms with Crippen LogP contribution in [0.25, 0.3) is 0 Å². The molecule has 0 amide bonds. The van der Waals surface area contributed by atoms with Crippen LogP contribution in [0.15, 0.2) is 0 Å². The quantitative estimate of drug-likeness (QED) is 0.519. The average molecular weight is 155 g/mol. The number of rotatable bonds is 0. The van der Waals surface area contributed by atoms with Gasteiger partial charge in [0.1, 0.15) is 0 Å². The third-order valence-electron chi connectivity index (χ3n) is 2.64. The Balaban J connectivity index is 2.53. The van der Waals surface area contributed by atoms with Crippen LogP contribution in [0.3, 0.4) is 0 Å². The smallest absolute Gasteiger partial charge is 0.00297 e. The first-order valence-corrected chi connectivity index (χ1v) is 4.68. The van der Waals surface area contributed by atoms with E-state index in [0.717, 1.165) is 5.92 Å². The molecule has 0 aromatic carbocycles. The van der Waals surface area contributed by atoms with E-state index in [-0.39, 0.29) is 0 Å². The lowest BCUT2D eigenvalue weighted by molar-refractivity contribution is 0.224. The molecule has 11 heavy (non-hydrogen) atoms. The van der Waals surface area contributed by atoms with Crippen molar-refractivity contribution in [3.8, 4) is 0 Å². The van der Waals surface area contributed by atoms with Crippen LogP contribution in [0, 0.1) is 11.3 Å². The zero-order valence-electron chi connectivity index (χ0n) is 8.35. The molecular formula is C10H21N. The van der Waals surface area contributed by atoms with E-state index in [0.29, 0.717) is 5.41 Å². The molecule has 0 N–H and O–H groups in total. The van der Waals surface area contributed by atoms with Crippen molar-refractivity contribution in [3.63, 3.8) is 0 Å². The lowest BCUT2D eigenvalue weighted by Gasteiger charge is -2.26. The van der Waals surface area contributed by atoms with Crippen LogP contribution < -0.4 is 0 Å². The van der Waals surface area contributed by atoms with Crippen LogP contribution in [0.2, 0.25) is 0 Å². The predicted octanol–water partition coefficient (Wildman–Crippen LogP) is 2.37. The van der Waals surface area contributed by atoms with Crippen molar-refractivity contribution in [2.24, 2.45) is 11.3 Å². The molecule has 0 aliphatic carbocycles. The predicted molar refractivity (Wildman–Crippen MR) is 49.7 cm³/mol. The first-order valence-electron chi connectivity index (χ1n) is 4.68. The van der Waals surface area contributed by atoms with Crippen LogP contribution >= 0.6 is 0 Å². The average Bonchev–Trinajstić information content (AvgIpc) is 1.90. The summed E-state index contributed by atoms with van der Waals surface area (Å²) in [7, 11) is 2.24. The highest BCUT2D eigenvalue weighted by Gasteiger charge is 2.25. The van der Waals surface area contributed by atoms with Crippen LogP contribution in [0.4, 0.5) is 0 Å². The van der Waals surface area contributed by atoms with Gasteiger partial charge < -0.3 is 4.90 Å². The third kappa shape index (κ3) is 2.82. The number of nitrogens with zero attached hydrogens (tertiary/aromatic N) is 1. The lowest BCUT2D eigenvalue weighted by atomic mass is 9.87. The van der Waals surface area contributed by atoms with Crippen molar-refractivity contribution in [2.75, 3.05) is 20.1 Å². The van der Waals surface area contributed by atoms with Crippen molar-refractivity contribution < 1.29 is 0 Å². The molecule has 0 saturated carbocycles. The Morgan fingerprint density at radius 3 is 2.64 bits per heavy atom. The Hall–Kier alpha value is -0.0400. The highest BCUT2D eigenvalue weighted by Crippen LogP contribution is 2.29. The van der Waals surface area contributed by atoms with E-state index >= 15 is 0 Å². The van der Waals surface area contributed by atoms with Crippen LogP contribution in [-0.4, -0.2) is 25.0 Å². The zero-order chi connectivity index (χ0) is 8.48. The van der Waals surface area contributed by atoms with Crippen molar-refractivity contribution in [2.45, 2.75) is 33.6 Å². The number of hydrogen-bond donors (Lipinski definition) is 0. The summed E-state index contributed by atoms with van der Waals surface area (Å²) in [5.41, 5.74) is 0.541. The fourth-order valence-electron chi connectivity index (χ4n) is 2.13. The van der Waals surface area contributed by atoms with Crippen LogP contribution in [0.1, 0.15) is 33.6 Å². The first kappa shape index (κ1) is 9.05. The van der Waals surface area contributed by atoms with Crippen LogP contribution in [-0.2, 0) is 0 Å². The molecule has 0 unspecified atom stereocenters. The molecule has 1 heteroatoms. The standard InChI is InChI=1S/C10H21N/c1-9-5-6-10(2,3)8-11(4)7-9/h9H,5-8H2,1-4H3/t9-/m0/s1. The number of hydrogen-bond acceptors (Lipinski definition) is 1. The summed E-state index contributed by atoms with van der Waals surface area (Å²) in [5.74, 6) is 0.891. The minimum absolute atomic E-state index is 0.541. The van der Waals surface area contributed by atoms with E-state index in [1.54, 1.807) is 0 Å². The molecule has 1 nitrogen and oxygen atoms in total.